The lowest BCUT2D eigenvalue weighted by molar-refractivity contribution is -0.152. The van der Waals surface area contributed by atoms with Crippen LogP contribution in [0.15, 0.2) is 12.7 Å². The van der Waals surface area contributed by atoms with Gasteiger partial charge in [-0.2, -0.15) is 0 Å². The first-order chi connectivity index (χ1) is 7.64. The Labute approximate surface area is 98.7 Å². The summed E-state index contributed by atoms with van der Waals surface area (Å²) in [6.45, 7) is 5.89. The highest BCUT2D eigenvalue weighted by Crippen LogP contribution is 2.43. The summed E-state index contributed by atoms with van der Waals surface area (Å²) < 4.78 is 0. The van der Waals surface area contributed by atoms with E-state index in [0.29, 0.717) is 0 Å². The van der Waals surface area contributed by atoms with E-state index in [1.165, 1.54) is 6.42 Å². The molecular formula is C14H24O2. The third-order valence-electron chi connectivity index (χ3n) is 4.16. The second kappa shape index (κ2) is 6.07. The zero-order chi connectivity index (χ0) is 12.0. The Morgan fingerprint density at radius 1 is 1.50 bits per heavy atom. The normalized spacial score (nSPS) is 29.9. The summed E-state index contributed by atoms with van der Waals surface area (Å²) in [5, 5.41) is 9.42. The van der Waals surface area contributed by atoms with Crippen LogP contribution in [0.25, 0.3) is 0 Å². The molecule has 0 bridgehead atoms. The fourth-order valence-corrected chi connectivity index (χ4v) is 2.79. The van der Waals surface area contributed by atoms with Crippen molar-refractivity contribution in [2.45, 2.75) is 58.3 Å². The Bertz CT molecular complexity index is 237. The molecule has 1 N–H and O–H groups in total. The van der Waals surface area contributed by atoms with Crippen molar-refractivity contribution in [2.24, 2.45) is 11.3 Å². The average Bonchev–Trinajstić information content (AvgIpc) is 2.30. The van der Waals surface area contributed by atoms with E-state index in [0.717, 1.165) is 50.9 Å². The van der Waals surface area contributed by atoms with Crippen molar-refractivity contribution in [2.75, 3.05) is 0 Å². The average molecular weight is 224 g/mol. The van der Waals surface area contributed by atoms with Crippen LogP contribution in [0, 0.1) is 11.3 Å². The lowest BCUT2D eigenvalue weighted by Gasteiger charge is -2.36. The van der Waals surface area contributed by atoms with Gasteiger partial charge in [-0.05, 0) is 50.9 Å². The summed E-state index contributed by atoms with van der Waals surface area (Å²) in [6.07, 6.45) is 9.74. The Kier molecular flexibility index (Phi) is 5.04. The summed E-state index contributed by atoms with van der Waals surface area (Å²) >= 11 is 0. The lowest BCUT2D eigenvalue weighted by atomic mass is 9.67. The van der Waals surface area contributed by atoms with Crippen LogP contribution in [-0.2, 0) is 4.79 Å². The monoisotopic (exact) mass is 224 g/mol. The van der Waals surface area contributed by atoms with Crippen molar-refractivity contribution >= 4 is 5.97 Å². The van der Waals surface area contributed by atoms with Gasteiger partial charge >= 0.3 is 5.97 Å². The molecule has 0 unspecified atom stereocenters. The number of unbranched alkanes of at least 4 members (excludes halogenated alkanes) is 1. The molecule has 1 aliphatic rings. The van der Waals surface area contributed by atoms with Gasteiger partial charge < -0.3 is 5.11 Å². The van der Waals surface area contributed by atoms with Gasteiger partial charge in [-0.3, -0.25) is 4.79 Å². The van der Waals surface area contributed by atoms with Gasteiger partial charge in [0.15, 0.2) is 0 Å². The fourth-order valence-electron chi connectivity index (χ4n) is 2.79. The van der Waals surface area contributed by atoms with Crippen LogP contribution in [-0.4, -0.2) is 11.1 Å². The first-order valence-corrected chi connectivity index (χ1v) is 6.49. The van der Waals surface area contributed by atoms with E-state index in [4.69, 9.17) is 0 Å². The second-order valence-electron chi connectivity index (χ2n) is 5.12. The van der Waals surface area contributed by atoms with Crippen molar-refractivity contribution in [3.05, 3.63) is 12.7 Å². The van der Waals surface area contributed by atoms with E-state index in [1.807, 2.05) is 6.08 Å². The molecule has 1 rings (SSSR count). The highest BCUT2D eigenvalue weighted by Gasteiger charge is 2.40. The molecule has 1 saturated carbocycles. The maximum absolute atomic E-state index is 11.4. The van der Waals surface area contributed by atoms with Gasteiger partial charge in [0.1, 0.15) is 0 Å². The van der Waals surface area contributed by atoms with Crippen LogP contribution in [0.5, 0.6) is 0 Å². The van der Waals surface area contributed by atoms with E-state index >= 15 is 0 Å². The number of carboxylic acid groups (broad SMARTS) is 1. The maximum Gasteiger partial charge on any atom is 0.309 e. The number of aliphatic carboxylic acids is 1. The Morgan fingerprint density at radius 2 is 2.12 bits per heavy atom. The first-order valence-electron chi connectivity index (χ1n) is 6.49. The van der Waals surface area contributed by atoms with Crippen molar-refractivity contribution in [3.8, 4) is 0 Å². The quantitative estimate of drug-likeness (QED) is 0.546. The van der Waals surface area contributed by atoms with Gasteiger partial charge in [0, 0.05) is 0 Å². The van der Waals surface area contributed by atoms with Crippen molar-refractivity contribution < 1.29 is 9.90 Å². The molecule has 0 spiro atoms. The third-order valence-corrected chi connectivity index (χ3v) is 4.16. The number of hydrogen-bond donors (Lipinski definition) is 1. The summed E-state index contributed by atoms with van der Waals surface area (Å²) in [5.74, 6) is 0.179. The molecule has 1 aliphatic carbocycles. The Balaban J connectivity index is 2.54. The molecule has 16 heavy (non-hydrogen) atoms. The topological polar surface area (TPSA) is 37.3 Å². The highest BCUT2D eigenvalue weighted by atomic mass is 16.4. The summed E-state index contributed by atoms with van der Waals surface area (Å²) in [4.78, 5) is 11.4. The number of rotatable bonds is 6. The minimum atomic E-state index is -0.578. The number of carboxylic acids is 1. The van der Waals surface area contributed by atoms with E-state index < -0.39 is 11.4 Å². The van der Waals surface area contributed by atoms with E-state index in [9.17, 15) is 9.90 Å². The van der Waals surface area contributed by atoms with Gasteiger partial charge in [0.25, 0.3) is 0 Å². The Hall–Kier alpha value is -0.790. The number of carbonyl (C=O) groups is 1. The molecule has 0 atom stereocenters. The summed E-state index contributed by atoms with van der Waals surface area (Å²) in [6, 6.07) is 0. The van der Waals surface area contributed by atoms with Gasteiger partial charge in [-0.1, -0.05) is 19.4 Å². The molecule has 2 heteroatoms. The molecule has 0 aliphatic heterocycles. The molecule has 0 heterocycles. The van der Waals surface area contributed by atoms with Crippen LogP contribution in [0.4, 0.5) is 0 Å². The zero-order valence-electron chi connectivity index (χ0n) is 10.4. The summed E-state index contributed by atoms with van der Waals surface area (Å²) in [7, 11) is 0. The minimum absolute atomic E-state index is 0.422. The second-order valence-corrected chi connectivity index (χ2v) is 5.12. The van der Waals surface area contributed by atoms with E-state index in [-0.39, 0.29) is 0 Å². The fraction of sp³-hybridized carbons (Fsp3) is 0.786. The molecule has 1 fully saturated rings. The van der Waals surface area contributed by atoms with Crippen LogP contribution in [0.3, 0.4) is 0 Å². The van der Waals surface area contributed by atoms with Gasteiger partial charge in [-0.25, -0.2) is 0 Å². The van der Waals surface area contributed by atoms with E-state index in [2.05, 4.69) is 13.5 Å². The molecule has 0 radical (unpaired) electrons. The van der Waals surface area contributed by atoms with Crippen molar-refractivity contribution in [1.29, 1.82) is 0 Å². The number of hydrogen-bond acceptors (Lipinski definition) is 1. The largest absolute Gasteiger partial charge is 0.481 e. The van der Waals surface area contributed by atoms with E-state index in [1.54, 1.807) is 0 Å². The summed E-state index contributed by atoms with van der Waals surface area (Å²) in [5.41, 5.74) is -0.422. The van der Waals surface area contributed by atoms with Crippen LogP contribution in [0.1, 0.15) is 58.3 Å². The van der Waals surface area contributed by atoms with Crippen LogP contribution >= 0.6 is 0 Å². The molecular weight excluding hydrogens is 200 g/mol. The van der Waals surface area contributed by atoms with Crippen molar-refractivity contribution in [1.82, 2.24) is 0 Å². The molecule has 0 saturated heterocycles. The predicted molar refractivity (Wildman–Crippen MR) is 66.4 cm³/mol. The molecule has 0 aromatic carbocycles. The zero-order valence-corrected chi connectivity index (χ0v) is 10.4. The number of allylic oxidation sites excluding steroid dienone is 1. The highest BCUT2D eigenvalue weighted by molar-refractivity contribution is 5.74. The smallest absolute Gasteiger partial charge is 0.309 e. The van der Waals surface area contributed by atoms with Crippen LogP contribution in [0.2, 0.25) is 0 Å². The Morgan fingerprint density at radius 3 is 2.56 bits per heavy atom. The van der Waals surface area contributed by atoms with Crippen molar-refractivity contribution in [3.63, 3.8) is 0 Å². The maximum atomic E-state index is 11.4. The minimum Gasteiger partial charge on any atom is -0.481 e. The van der Waals surface area contributed by atoms with Gasteiger partial charge in [0.2, 0.25) is 0 Å². The first kappa shape index (κ1) is 13.3. The molecule has 0 amide bonds. The lowest BCUT2D eigenvalue weighted by Crippen LogP contribution is -2.35. The standard InChI is InChI=1S/C14H24O2/c1-3-5-6-9-14(13(15)16)10-7-12(4-2)8-11-14/h3,12H,1,4-11H2,2H3,(H,15,16). The van der Waals surface area contributed by atoms with Crippen LogP contribution < -0.4 is 0 Å². The molecule has 0 aromatic heterocycles. The molecule has 92 valence electrons. The van der Waals surface area contributed by atoms with Gasteiger partial charge in [-0.15, -0.1) is 6.58 Å². The molecule has 2 nitrogen and oxygen atoms in total. The third kappa shape index (κ3) is 3.10. The van der Waals surface area contributed by atoms with Gasteiger partial charge in [0.05, 0.1) is 5.41 Å². The predicted octanol–water partition coefficient (Wildman–Crippen LogP) is 4.01. The molecule has 0 aromatic rings. The SMILES string of the molecule is C=CCCCC1(C(=O)O)CCC(CC)CC1.